The lowest BCUT2D eigenvalue weighted by Gasteiger charge is -1.89. The smallest absolute Gasteiger partial charge is 0.175 e. The number of carbonyl (C=O) groups excluding carboxylic acids is 1. The molecule has 0 aliphatic rings. The Balaban J connectivity index is 0. The first-order valence-electron chi connectivity index (χ1n) is 3.26. The predicted molar refractivity (Wildman–Crippen MR) is 44.4 cm³/mol. The van der Waals surface area contributed by atoms with Crippen molar-refractivity contribution in [3.05, 3.63) is 0 Å². The van der Waals surface area contributed by atoms with Crippen molar-refractivity contribution in [2.45, 2.75) is 20.3 Å². The summed E-state index contributed by atoms with van der Waals surface area (Å²) in [6, 6.07) is 0. The van der Waals surface area contributed by atoms with E-state index in [9.17, 15) is 4.79 Å². The Labute approximate surface area is 62.3 Å². The van der Waals surface area contributed by atoms with Crippen LogP contribution in [-0.4, -0.2) is 25.6 Å². The van der Waals surface area contributed by atoms with E-state index in [0.29, 0.717) is 12.1 Å². The summed E-state index contributed by atoms with van der Waals surface area (Å²) in [5.74, 6) is 0.132. The van der Waals surface area contributed by atoms with Gasteiger partial charge in [0.05, 0.1) is 5.71 Å². The van der Waals surface area contributed by atoms with Crippen molar-refractivity contribution in [1.29, 1.82) is 0 Å². The van der Waals surface area contributed by atoms with Gasteiger partial charge in [0, 0.05) is 13.5 Å². The van der Waals surface area contributed by atoms with Gasteiger partial charge < -0.3 is 5.73 Å². The van der Waals surface area contributed by atoms with E-state index in [1.54, 1.807) is 14.0 Å². The molecular weight excluding hydrogens is 128 g/mol. The Morgan fingerprint density at radius 1 is 1.50 bits per heavy atom. The molecule has 0 amide bonds. The third-order valence-electron chi connectivity index (χ3n) is 1.06. The van der Waals surface area contributed by atoms with E-state index in [1.165, 1.54) is 7.05 Å². The van der Waals surface area contributed by atoms with Crippen LogP contribution in [0.2, 0.25) is 0 Å². The minimum atomic E-state index is 0.132. The van der Waals surface area contributed by atoms with Gasteiger partial charge in [0.25, 0.3) is 0 Å². The molecule has 0 atom stereocenters. The molecule has 0 aromatic heterocycles. The molecule has 2 N–H and O–H groups in total. The second-order valence-corrected chi connectivity index (χ2v) is 1.59. The van der Waals surface area contributed by atoms with Gasteiger partial charge in [-0.2, -0.15) is 0 Å². The molecule has 0 bridgehead atoms. The number of nitrogens with two attached hydrogens (primary N) is 1. The van der Waals surface area contributed by atoms with E-state index < -0.39 is 0 Å². The maximum absolute atomic E-state index is 10.6. The fraction of sp³-hybridized carbons (Fsp3) is 0.714. The van der Waals surface area contributed by atoms with Crippen LogP contribution in [-0.2, 0) is 4.79 Å². The molecule has 0 aromatic carbocycles. The summed E-state index contributed by atoms with van der Waals surface area (Å²) in [5, 5.41) is 0. The quantitative estimate of drug-likeness (QED) is 0.578. The molecule has 0 saturated heterocycles. The highest BCUT2D eigenvalue weighted by Crippen LogP contribution is 1.83. The van der Waals surface area contributed by atoms with E-state index in [1.807, 2.05) is 6.92 Å². The first-order valence-corrected chi connectivity index (χ1v) is 3.26. The SMILES string of the molecule is CCC(=O)/C(C)=N\C.CN. The van der Waals surface area contributed by atoms with Crippen LogP contribution in [0.1, 0.15) is 20.3 Å². The number of Topliss-reactive ketones (excluding diaryl/α,β-unsaturated/α-hetero) is 1. The van der Waals surface area contributed by atoms with E-state index in [-0.39, 0.29) is 5.78 Å². The van der Waals surface area contributed by atoms with Gasteiger partial charge in [0.15, 0.2) is 5.78 Å². The van der Waals surface area contributed by atoms with Gasteiger partial charge in [0.2, 0.25) is 0 Å². The average Bonchev–Trinajstić information content (AvgIpc) is 2.05. The van der Waals surface area contributed by atoms with Gasteiger partial charge in [-0.15, -0.1) is 0 Å². The third-order valence-corrected chi connectivity index (χ3v) is 1.06. The van der Waals surface area contributed by atoms with Crippen molar-refractivity contribution in [3.8, 4) is 0 Å². The van der Waals surface area contributed by atoms with Crippen LogP contribution >= 0.6 is 0 Å². The largest absolute Gasteiger partial charge is 0.333 e. The summed E-state index contributed by atoms with van der Waals surface area (Å²) in [4.78, 5) is 14.3. The normalized spacial score (nSPS) is 9.90. The summed E-state index contributed by atoms with van der Waals surface area (Å²) in [7, 11) is 3.13. The van der Waals surface area contributed by atoms with Crippen molar-refractivity contribution < 1.29 is 4.79 Å². The zero-order valence-corrected chi connectivity index (χ0v) is 7.14. The lowest BCUT2D eigenvalue weighted by Crippen LogP contribution is -2.07. The Morgan fingerprint density at radius 2 is 1.90 bits per heavy atom. The maximum Gasteiger partial charge on any atom is 0.175 e. The fourth-order valence-corrected chi connectivity index (χ4v) is 0.381. The first-order chi connectivity index (χ1) is 4.72. The van der Waals surface area contributed by atoms with Crippen LogP contribution in [0.4, 0.5) is 0 Å². The first kappa shape index (κ1) is 12.0. The van der Waals surface area contributed by atoms with Crippen molar-refractivity contribution in [2.75, 3.05) is 14.1 Å². The number of nitrogens with zero attached hydrogens (tertiary/aromatic N) is 1. The van der Waals surface area contributed by atoms with E-state index in [4.69, 9.17) is 0 Å². The number of carbonyl (C=O) groups is 1. The number of hydrogen-bond acceptors (Lipinski definition) is 3. The molecule has 0 aliphatic carbocycles. The van der Waals surface area contributed by atoms with Crippen molar-refractivity contribution in [1.82, 2.24) is 0 Å². The van der Waals surface area contributed by atoms with E-state index >= 15 is 0 Å². The summed E-state index contributed by atoms with van der Waals surface area (Å²) < 4.78 is 0. The standard InChI is InChI=1S/C6H11NO.CH5N/c1-4-6(8)5(2)7-3;1-2/h4H2,1-3H3;2H2,1H3/b7-5-;. The Morgan fingerprint density at radius 3 is 2.00 bits per heavy atom. The minimum Gasteiger partial charge on any atom is -0.333 e. The molecule has 3 nitrogen and oxygen atoms in total. The zero-order valence-electron chi connectivity index (χ0n) is 7.14. The monoisotopic (exact) mass is 144 g/mol. The van der Waals surface area contributed by atoms with E-state index in [2.05, 4.69) is 10.7 Å². The zero-order chi connectivity index (χ0) is 8.57. The maximum atomic E-state index is 10.6. The van der Waals surface area contributed by atoms with Crippen LogP contribution in [0.15, 0.2) is 4.99 Å². The molecule has 0 radical (unpaired) electrons. The van der Waals surface area contributed by atoms with E-state index in [0.717, 1.165) is 0 Å². The van der Waals surface area contributed by atoms with Gasteiger partial charge in [-0.3, -0.25) is 9.79 Å². The topological polar surface area (TPSA) is 55.5 Å². The molecule has 0 spiro atoms. The summed E-state index contributed by atoms with van der Waals surface area (Å²) in [5.41, 5.74) is 5.12. The molecule has 0 aromatic rings. The molecule has 10 heavy (non-hydrogen) atoms. The number of rotatable bonds is 2. The summed E-state index contributed by atoms with van der Waals surface area (Å²) in [6.07, 6.45) is 0.559. The molecule has 0 unspecified atom stereocenters. The number of aliphatic imine (C=N–C) groups is 1. The van der Waals surface area contributed by atoms with Crippen LogP contribution in [0, 0.1) is 0 Å². The highest BCUT2D eigenvalue weighted by atomic mass is 16.1. The molecular formula is C7H16N2O. The average molecular weight is 144 g/mol. The third kappa shape index (κ3) is 5.44. The Hall–Kier alpha value is -0.700. The minimum absolute atomic E-state index is 0.132. The fourth-order valence-electron chi connectivity index (χ4n) is 0.381. The number of hydrogen-bond donors (Lipinski definition) is 1. The highest BCUT2D eigenvalue weighted by molar-refractivity contribution is 6.38. The summed E-state index contributed by atoms with van der Waals surface area (Å²) >= 11 is 0. The molecule has 0 aliphatic heterocycles. The lowest BCUT2D eigenvalue weighted by atomic mass is 10.2. The van der Waals surface area contributed by atoms with Crippen molar-refractivity contribution >= 4 is 11.5 Å². The second kappa shape index (κ2) is 8.30. The van der Waals surface area contributed by atoms with Gasteiger partial charge in [0.1, 0.15) is 0 Å². The summed E-state index contributed by atoms with van der Waals surface area (Å²) in [6.45, 7) is 3.56. The molecule has 3 heteroatoms. The van der Waals surface area contributed by atoms with Crippen LogP contribution in [0.3, 0.4) is 0 Å². The van der Waals surface area contributed by atoms with Gasteiger partial charge in [-0.1, -0.05) is 6.92 Å². The molecule has 60 valence electrons. The Kier molecular flexibility index (Phi) is 9.98. The van der Waals surface area contributed by atoms with Crippen molar-refractivity contribution in [2.24, 2.45) is 10.7 Å². The number of ketones is 1. The van der Waals surface area contributed by atoms with Crippen molar-refractivity contribution in [3.63, 3.8) is 0 Å². The van der Waals surface area contributed by atoms with Crippen LogP contribution in [0.5, 0.6) is 0 Å². The lowest BCUT2D eigenvalue weighted by molar-refractivity contribution is -0.112. The second-order valence-electron chi connectivity index (χ2n) is 1.59. The van der Waals surface area contributed by atoms with Gasteiger partial charge in [-0.25, -0.2) is 0 Å². The Bertz CT molecular complexity index is 119. The van der Waals surface area contributed by atoms with Gasteiger partial charge in [-0.05, 0) is 14.0 Å². The molecule has 0 fully saturated rings. The van der Waals surface area contributed by atoms with Gasteiger partial charge >= 0.3 is 0 Å². The molecule has 0 saturated carbocycles. The highest BCUT2D eigenvalue weighted by Gasteiger charge is 1.98. The predicted octanol–water partition coefficient (Wildman–Crippen LogP) is 0.631. The van der Waals surface area contributed by atoms with Crippen LogP contribution in [0.25, 0.3) is 0 Å². The molecule has 0 heterocycles. The molecule has 0 rings (SSSR count). The van der Waals surface area contributed by atoms with Crippen LogP contribution < -0.4 is 5.73 Å².